The maximum atomic E-state index is 12.6. The number of hydrogen-bond acceptors (Lipinski definition) is 3. The third-order valence-electron chi connectivity index (χ3n) is 3.87. The van der Waals surface area contributed by atoms with E-state index in [0.29, 0.717) is 0 Å². The highest BCUT2D eigenvalue weighted by Crippen LogP contribution is 2.41. The van der Waals surface area contributed by atoms with E-state index in [1.54, 1.807) is 24.3 Å². The maximum Gasteiger partial charge on any atom is 0.391 e. The predicted octanol–water partition coefficient (Wildman–Crippen LogP) is 3.21. The summed E-state index contributed by atoms with van der Waals surface area (Å²) in [7, 11) is 0. The van der Waals surface area contributed by atoms with Crippen molar-refractivity contribution in [2.24, 2.45) is 5.92 Å². The van der Waals surface area contributed by atoms with E-state index in [1.807, 2.05) is 6.07 Å². The Labute approximate surface area is 120 Å². The molecule has 0 aromatic heterocycles. The molecule has 0 radical (unpaired) electrons. The predicted molar refractivity (Wildman–Crippen MR) is 69.2 cm³/mol. The molecule has 0 heterocycles. The fraction of sp³-hybridized carbons (Fsp3) is 0.533. The number of benzene rings is 1. The molecule has 1 saturated carbocycles. The van der Waals surface area contributed by atoms with E-state index in [-0.39, 0.29) is 32.3 Å². The molecule has 2 rings (SSSR count). The van der Waals surface area contributed by atoms with Crippen molar-refractivity contribution in [2.45, 2.75) is 44.1 Å². The molecule has 0 spiro atoms. The summed E-state index contributed by atoms with van der Waals surface area (Å²) in [6, 6.07) is 8.91. The van der Waals surface area contributed by atoms with Crippen molar-refractivity contribution in [2.75, 3.05) is 0 Å². The summed E-state index contributed by atoms with van der Waals surface area (Å²) < 4.78 is 42.7. The Bertz CT molecular complexity index is 477. The summed E-state index contributed by atoms with van der Waals surface area (Å²) in [5.74, 6) is -2.29. The Hall–Kier alpha value is -1.56. The van der Waals surface area contributed by atoms with Crippen molar-refractivity contribution < 1.29 is 27.8 Å². The van der Waals surface area contributed by atoms with E-state index in [0.717, 1.165) is 5.56 Å². The van der Waals surface area contributed by atoms with Gasteiger partial charge in [0.1, 0.15) is 6.61 Å². The van der Waals surface area contributed by atoms with Gasteiger partial charge in [0.2, 0.25) is 0 Å². The number of carbonyl (C=O) groups is 1. The molecule has 1 aromatic carbocycles. The highest BCUT2D eigenvalue weighted by molar-refractivity contribution is 5.79. The second-order valence-corrected chi connectivity index (χ2v) is 5.41. The normalized spacial score (nSPS) is 26.4. The topological polar surface area (TPSA) is 46.5 Å². The standard InChI is InChI=1S/C15H17F3O3/c16-15(17,18)12-6-8-14(20,9-7-12)13(19)21-10-11-4-2-1-3-5-11/h1-5,12,20H,6-10H2. The van der Waals surface area contributed by atoms with Gasteiger partial charge in [-0.05, 0) is 31.2 Å². The maximum absolute atomic E-state index is 12.6. The average molecular weight is 302 g/mol. The molecule has 0 aliphatic heterocycles. The Morgan fingerprint density at radius 1 is 1.24 bits per heavy atom. The monoisotopic (exact) mass is 302 g/mol. The lowest BCUT2D eigenvalue weighted by Gasteiger charge is -2.34. The molecule has 0 unspecified atom stereocenters. The Morgan fingerprint density at radius 3 is 2.33 bits per heavy atom. The van der Waals surface area contributed by atoms with Gasteiger partial charge in [-0.1, -0.05) is 30.3 Å². The summed E-state index contributed by atoms with van der Waals surface area (Å²) in [5, 5.41) is 10.2. The van der Waals surface area contributed by atoms with Gasteiger partial charge in [0, 0.05) is 0 Å². The first-order valence-electron chi connectivity index (χ1n) is 6.81. The molecule has 0 bridgehead atoms. The molecule has 1 aliphatic carbocycles. The fourth-order valence-corrected chi connectivity index (χ4v) is 2.48. The van der Waals surface area contributed by atoms with Gasteiger partial charge in [0.05, 0.1) is 5.92 Å². The smallest absolute Gasteiger partial charge is 0.391 e. The Balaban J connectivity index is 1.88. The summed E-state index contributed by atoms with van der Waals surface area (Å²) >= 11 is 0. The third-order valence-corrected chi connectivity index (χ3v) is 3.87. The first kappa shape index (κ1) is 15.8. The van der Waals surface area contributed by atoms with Gasteiger partial charge in [-0.2, -0.15) is 13.2 Å². The average Bonchev–Trinajstić information content (AvgIpc) is 2.45. The van der Waals surface area contributed by atoms with Crippen LogP contribution in [0.3, 0.4) is 0 Å². The second-order valence-electron chi connectivity index (χ2n) is 5.41. The van der Waals surface area contributed by atoms with Gasteiger partial charge in [-0.3, -0.25) is 0 Å². The Morgan fingerprint density at radius 2 is 1.81 bits per heavy atom. The second kappa shape index (κ2) is 6.05. The van der Waals surface area contributed by atoms with E-state index in [4.69, 9.17) is 4.74 Å². The Kier molecular flexibility index (Phi) is 4.56. The van der Waals surface area contributed by atoms with E-state index in [1.165, 1.54) is 0 Å². The van der Waals surface area contributed by atoms with Gasteiger partial charge in [-0.25, -0.2) is 4.79 Å². The zero-order valence-electron chi connectivity index (χ0n) is 11.4. The number of rotatable bonds is 3. The van der Waals surface area contributed by atoms with Crippen molar-refractivity contribution in [1.82, 2.24) is 0 Å². The van der Waals surface area contributed by atoms with Gasteiger partial charge < -0.3 is 9.84 Å². The molecule has 1 aliphatic rings. The lowest BCUT2D eigenvalue weighted by atomic mass is 9.78. The van der Waals surface area contributed by atoms with Crippen LogP contribution in [0.1, 0.15) is 31.2 Å². The molecule has 0 amide bonds. The first-order valence-corrected chi connectivity index (χ1v) is 6.81. The number of hydrogen-bond donors (Lipinski definition) is 1. The molecule has 1 aromatic rings. The van der Waals surface area contributed by atoms with Crippen LogP contribution in [0.4, 0.5) is 13.2 Å². The van der Waals surface area contributed by atoms with E-state index in [2.05, 4.69) is 0 Å². The summed E-state index contributed by atoms with van der Waals surface area (Å²) in [6.07, 6.45) is -5.20. The fourth-order valence-electron chi connectivity index (χ4n) is 2.48. The molecular formula is C15H17F3O3. The minimum atomic E-state index is -4.27. The van der Waals surface area contributed by atoms with Crippen molar-refractivity contribution >= 4 is 5.97 Å². The first-order chi connectivity index (χ1) is 9.81. The largest absolute Gasteiger partial charge is 0.459 e. The van der Waals surface area contributed by atoms with Crippen molar-refractivity contribution in [3.8, 4) is 0 Å². The van der Waals surface area contributed by atoms with Gasteiger partial charge in [0.25, 0.3) is 0 Å². The molecule has 0 saturated heterocycles. The van der Waals surface area contributed by atoms with Crippen LogP contribution < -0.4 is 0 Å². The van der Waals surface area contributed by atoms with Gasteiger partial charge in [-0.15, -0.1) is 0 Å². The molecule has 3 nitrogen and oxygen atoms in total. The number of esters is 1. The highest BCUT2D eigenvalue weighted by Gasteiger charge is 2.48. The highest BCUT2D eigenvalue weighted by atomic mass is 19.4. The minimum absolute atomic E-state index is 0.00465. The molecule has 0 atom stereocenters. The summed E-state index contributed by atoms with van der Waals surface area (Å²) in [6.45, 7) is 0.00465. The zero-order chi connectivity index (χ0) is 15.5. The van der Waals surface area contributed by atoms with Crippen LogP contribution in [-0.2, 0) is 16.1 Å². The number of aliphatic hydroxyl groups is 1. The van der Waals surface area contributed by atoms with Crippen LogP contribution in [0.2, 0.25) is 0 Å². The zero-order valence-corrected chi connectivity index (χ0v) is 11.4. The number of carbonyl (C=O) groups excluding carboxylic acids is 1. The van der Waals surface area contributed by atoms with Gasteiger partial charge >= 0.3 is 12.1 Å². The molecular weight excluding hydrogens is 285 g/mol. The number of ether oxygens (including phenoxy) is 1. The lowest BCUT2D eigenvalue weighted by Crippen LogP contribution is -2.45. The van der Waals surface area contributed by atoms with Crippen LogP contribution in [0, 0.1) is 5.92 Å². The van der Waals surface area contributed by atoms with E-state index in [9.17, 15) is 23.1 Å². The molecule has 1 N–H and O–H groups in total. The molecule has 6 heteroatoms. The summed E-state index contributed by atoms with van der Waals surface area (Å²) in [4.78, 5) is 11.9. The van der Waals surface area contributed by atoms with E-state index < -0.39 is 23.7 Å². The summed E-state index contributed by atoms with van der Waals surface area (Å²) in [5.41, 5.74) is -1.03. The van der Waals surface area contributed by atoms with Crippen molar-refractivity contribution in [3.63, 3.8) is 0 Å². The lowest BCUT2D eigenvalue weighted by molar-refractivity contribution is -0.200. The van der Waals surface area contributed by atoms with Crippen LogP contribution in [0.15, 0.2) is 30.3 Å². The molecule has 116 valence electrons. The van der Waals surface area contributed by atoms with Crippen LogP contribution >= 0.6 is 0 Å². The molecule has 1 fully saturated rings. The van der Waals surface area contributed by atoms with Crippen LogP contribution in [0.25, 0.3) is 0 Å². The molecule has 21 heavy (non-hydrogen) atoms. The van der Waals surface area contributed by atoms with Gasteiger partial charge in [0.15, 0.2) is 5.60 Å². The van der Waals surface area contributed by atoms with Crippen molar-refractivity contribution in [3.05, 3.63) is 35.9 Å². The number of alkyl halides is 3. The van der Waals surface area contributed by atoms with E-state index >= 15 is 0 Å². The minimum Gasteiger partial charge on any atom is -0.459 e. The van der Waals surface area contributed by atoms with Crippen LogP contribution in [0.5, 0.6) is 0 Å². The third kappa shape index (κ3) is 3.97. The number of halogens is 3. The van der Waals surface area contributed by atoms with Crippen LogP contribution in [-0.4, -0.2) is 22.9 Å². The quantitative estimate of drug-likeness (QED) is 0.872. The van der Waals surface area contributed by atoms with Crippen molar-refractivity contribution in [1.29, 1.82) is 0 Å². The SMILES string of the molecule is O=C(OCc1ccccc1)C1(O)CCC(C(F)(F)F)CC1.